The molecular formula is C16H10ClF2N3O2. The number of aromatic nitrogens is 3. The molecule has 3 aromatic rings. The first kappa shape index (κ1) is 16.1. The van der Waals surface area contributed by atoms with Gasteiger partial charge >= 0.3 is 5.97 Å². The number of hydrogen-bond acceptors (Lipinski definition) is 3. The quantitative estimate of drug-likeness (QED) is 0.746. The Labute approximate surface area is 140 Å². The average Bonchev–Trinajstić information content (AvgIpc) is 2.89. The maximum Gasteiger partial charge on any atom is 0.335 e. The zero-order valence-electron chi connectivity index (χ0n) is 12.3. The molecule has 0 aliphatic rings. The summed E-state index contributed by atoms with van der Waals surface area (Å²) in [6.07, 6.45) is 1.02. The molecule has 122 valence electrons. The van der Waals surface area contributed by atoms with E-state index in [-0.39, 0.29) is 33.4 Å². The minimum Gasteiger partial charge on any atom is -0.478 e. The van der Waals surface area contributed by atoms with Gasteiger partial charge in [-0.05, 0) is 36.8 Å². The van der Waals surface area contributed by atoms with Crippen LogP contribution in [0.5, 0.6) is 0 Å². The summed E-state index contributed by atoms with van der Waals surface area (Å²) in [6, 6.07) is 4.84. The van der Waals surface area contributed by atoms with Crippen molar-refractivity contribution in [3.05, 3.63) is 58.4 Å². The summed E-state index contributed by atoms with van der Waals surface area (Å²) in [5, 5.41) is 9.14. The number of H-pyrrole nitrogens is 1. The number of hydrogen-bond donors (Lipinski definition) is 2. The molecule has 5 nitrogen and oxygen atoms in total. The first-order valence-electron chi connectivity index (χ1n) is 6.78. The number of carbonyl (C=O) groups is 1. The Balaban J connectivity index is 2.16. The first-order valence-corrected chi connectivity index (χ1v) is 7.16. The van der Waals surface area contributed by atoms with Crippen LogP contribution in [-0.4, -0.2) is 26.0 Å². The number of nitrogens with one attached hydrogen (secondary N) is 1. The normalized spacial score (nSPS) is 10.8. The Kier molecular flexibility index (Phi) is 4.02. The second-order valence-electron chi connectivity index (χ2n) is 5.01. The number of imidazole rings is 1. The summed E-state index contributed by atoms with van der Waals surface area (Å²) < 4.78 is 27.2. The lowest BCUT2D eigenvalue weighted by atomic mass is 10.00. The van der Waals surface area contributed by atoms with E-state index in [9.17, 15) is 18.7 Å². The number of aromatic amines is 1. The molecule has 0 radical (unpaired) electrons. The van der Waals surface area contributed by atoms with Gasteiger partial charge in [-0.3, -0.25) is 0 Å². The highest BCUT2D eigenvalue weighted by atomic mass is 35.5. The lowest BCUT2D eigenvalue weighted by molar-refractivity contribution is 0.0696. The fraction of sp³-hybridized carbons (Fsp3) is 0.0625. The highest BCUT2D eigenvalue weighted by molar-refractivity contribution is 6.32. The summed E-state index contributed by atoms with van der Waals surface area (Å²) in [5.74, 6) is -2.10. The van der Waals surface area contributed by atoms with Crippen molar-refractivity contribution in [3.8, 4) is 22.8 Å². The maximum absolute atomic E-state index is 14.3. The fourth-order valence-electron chi connectivity index (χ4n) is 2.37. The Hall–Kier alpha value is -2.80. The van der Waals surface area contributed by atoms with Gasteiger partial charge in [-0.2, -0.15) is 0 Å². The van der Waals surface area contributed by atoms with Gasteiger partial charge in [-0.1, -0.05) is 11.6 Å². The summed E-state index contributed by atoms with van der Waals surface area (Å²) in [6.45, 7) is 1.48. The molecule has 0 bridgehead atoms. The third kappa shape index (κ3) is 2.74. The zero-order chi connectivity index (χ0) is 17.4. The van der Waals surface area contributed by atoms with Crippen molar-refractivity contribution >= 4 is 17.6 Å². The molecule has 0 saturated heterocycles. The Bertz CT molecular complexity index is 939. The van der Waals surface area contributed by atoms with Crippen molar-refractivity contribution in [2.24, 2.45) is 0 Å². The van der Waals surface area contributed by atoms with Crippen LogP contribution in [0.3, 0.4) is 0 Å². The van der Waals surface area contributed by atoms with E-state index in [0.29, 0.717) is 5.69 Å². The van der Waals surface area contributed by atoms with E-state index in [0.717, 1.165) is 12.3 Å². The Morgan fingerprint density at radius 3 is 2.62 bits per heavy atom. The summed E-state index contributed by atoms with van der Waals surface area (Å²) in [4.78, 5) is 22.0. The SMILES string of the molecule is Cc1c(C(=O)O)ccc(F)c1-c1[nH]c(-c2ccc(F)cn2)nc1Cl. The lowest BCUT2D eigenvalue weighted by Gasteiger charge is -2.09. The van der Waals surface area contributed by atoms with Gasteiger partial charge in [0.1, 0.15) is 17.3 Å². The highest BCUT2D eigenvalue weighted by Gasteiger charge is 2.21. The number of benzene rings is 1. The molecule has 0 spiro atoms. The van der Waals surface area contributed by atoms with Crippen LogP contribution < -0.4 is 0 Å². The van der Waals surface area contributed by atoms with E-state index >= 15 is 0 Å². The molecule has 0 saturated carbocycles. The van der Waals surface area contributed by atoms with Gasteiger partial charge in [-0.25, -0.2) is 23.5 Å². The third-order valence-electron chi connectivity index (χ3n) is 3.52. The average molecular weight is 350 g/mol. The van der Waals surface area contributed by atoms with Crippen molar-refractivity contribution in [1.29, 1.82) is 0 Å². The van der Waals surface area contributed by atoms with Crippen LogP contribution in [0.25, 0.3) is 22.8 Å². The molecule has 0 amide bonds. The van der Waals surface area contributed by atoms with E-state index in [2.05, 4.69) is 15.0 Å². The second-order valence-corrected chi connectivity index (χ2v) is 5.37. The van der Waals surface area contributed by atoms with Crippen LogP contribution >= 0.6 is 11.6 Å². The predicted octanol–water partition coefficient (Wildman–Crippen LogP) is 4.08. The molecule has 0 unspecified atom stereocenters. The number of halogens is 3. The molecule has 24 heavy (non-hydrogen) atoms. The Morgan fingerprint density at radius 1 is 1.25 bits per heavy atom. The van der Waals surface area contributed by atoms with Gasteiger partial charge in [0.15, 0.2) is 11.0 Å². The van der Waals surface area contributed by atoms with Crippen LogP contribution in [-0.2, 0) is 0 Å². The van der Waals surface area contributed by atoms with Crippen molar-refractivity contribution in [2.75, 3.05) is 0 Å². The van der Waals surface area contributed by atoms with Crippen LogP contribution in [0.4, 0.5) is 8.78 Å². The molecule has 0 aliphatic heterocycles. The van der Waals surface area contributed by atoms with Gasteiger partial charge in [0.25, 0.3) is 0 Å². The van der Waals surface area contributed by atoms with Gasteiger partial charge in [-0.15, -0.1) is 0 Å². The van der Waals surface area contributed by atoms with Gasteiger partial charge in [0.2, 0.25) is 0 Å². The van der Waals surface area contributed by atoms with Gasteiger partial charge in [0, 0.05) is 5.56 Å². The minimum atomic E-state index is -1.18. The summed E-state index contributed by atoms with van der Waals surface area (Å²) in [7, 11) is 0. The standard InChI is InChI=1S/C16H10ClF2N3O2/c1-7-9(16(23)24)3-4-10(19)12(7)13-14(17)22-15(21-13)11-5-2-8(18)6-20-11/h2-6H,1H3,(H,21,22)(H,23,24). The van der Waals surface area contributed by atoms with Crippen LogP contribution in [0.1, 0.15) is 15.9 Å². The van der Waals surface area contributed by atoms with Crippen molar-refractivity contribution in [2.45, 2.75) is 6.92 Å². The van der Waals surface area contributed by atoms with Gasteiger partial charge in [0.05, 0.1) is 17.5 Å². The number of pyridine rings is 1. The van der Waals surface area contributed by atoms with E-state index < -0.39 is 17.6 Å². The molecule has 2 heterocycles. The van der Waals surface area contributed by atoms with E-state index in [4.69, 9.17) is 11.6 Å². The highest BCUT2D eigenvalue weighted by Crippen LogP contribution is 2.34. The van der Waals surface area contributed by atoms with Crippen molar-refractivity contribution in [1.82, 2.24) is 15.0 Å². The topological polar surface area (TPSA) is 78.9 Å². The molecule has 0 fully saturated rings. The summed E-state index contributed by atoms with van der Waals surface area (Å²) >= 11 is 6.08. The predicted molar refractivity (Wildman–Crippen MR) is 83.9 cm³/mol. The Morgan fingerprint density at radius 2 is 2.00 bits per heavy atom. The van der Waals surface area contributed by atoms with Crippen LogP contribution in [0, 0.1) is 18.6 Å². The van der Waals surface area contributed by atoms with E-state index in [1.54, 1.807) is 0 Å². The molecule has 3 rings (SSSR count). The maximum atomic E-state index is 14.3. The van der Waals surface area contributed by atoms with Gasteiger partial charge < -0.3 is 10.1 Å². The minimum absolute atomic E-state index is 0.0146. The lowest BCUT2D eigenvalue weighted by Crippen LogP contribution is -2.03. The number of nitrogens with zero attached hydrogens (tertiary/aromatic N) is 2. The molecule has 0 atom stereocenters. The van der Waals surface area contributed by atoms with Crippen molar-refractivity contribution in [3.63, 3.8) is 0 Å². The van der Waals surface area contributed by atoms with E-state index in [1.165, 1.54) is 25.1 Å². The largest absolute Gasteiger partial charge is 0.478 e. The number of carboxylic acid groups (broad SMARTS) is 1. The number of rotatable bonds is 3. The van der Waals surface area contributed by atoms with Crippen LogP contribution in [0.15, 0.2) is 30.5 Å². The zero-order valence-corrected chi connectivity index (χ0v) is 13.0. The number of aromatic carboxylic acids is 1. The van der Waals surface area contributed by atoms with E-state index in [1.807, 2.05) is 0 Å². The first-order chi connectivity index (χ1) is 11.4. The monoisotopic (exact) mass is 349 g/mol. The molecule has 8 heteroatoms. The number of carboxylic acids is 1. The van der Waals surface area contributed by atoms with Crippen LogP contribution in [0.2, 0.25) is 5.15 Å². The molecular weight excluding hydrogens is 340 g/mol. The third-order valence-corrected chi connectivity index (χ3v) is 3.80. The summed E-state index contributed by atoms with van der Waals surface area (Å²) in [5.41, 5.74) is 0.638. The van der Waals surface area contributed by atoms with Crippen molar-refractivity contribution < 1.29 is 18.7 Å². The molecule has 2 aromatic heterocycles. The molecule has 1 aromatic carbocycles. The fourth-order valence-corrected chi connectivity index (χ4v) is 2.60. The molecule has 2 N–H and O–H groups in total. The molecule has 0 aliphatic carbocycles. The smallest absolute Gasteiger partial charge is 0.335 e. The second kappa shape index (κ2) is 6.01.